The van der Waals surface area contributed by atoms with Crippen molar-refractivity contribution in [3.63, 3.8) is 0 Å². The van der Waals surface area contributed by atoms with Crippen LogP contribution in [0.5, 0.6) is 11.5 Å². The minimum absolute atomic E-state index is 0.419. The number of nitrogens with zero attached hydrogens (tertiary/aromatic N) is 2. The van der Waals surface area contributed by atoms with Crippen LogP contribution in [0, 0.1) is 0 Å². The van der Waals surface area contributed by atoms with Gasteiger partial charge in [0.05, 0.1) is 25.3 Å². The van der Waals surface area contributed by atoms with Crippen LogP contribution in [-0.4, -0.2) is 23.8 Å². The van der Waals surface area contributed by atoms with Gasteiger partial charge >= 0.3 is 0 Å². The molecule has 6 heteroatoms. The molecule has 1 aromatic heterocycles. The van der Waals surface area contributed by atoms with Gasteiger partial charge in [-0.05, 0) is 24.3 Å². The van der Waals surface area contributed by atoms with Crippen molar-refractivity contribution < 1.29 is 9.47 Å². The van der Waals surface area contributed by atoms with Crippen molar-refractivity contribution in [2.45, 2.75) is 0 Å². The van der Waals surface area contributed by atoms with E-state index in [-0.39, 0.29) is 0 Å². The van der Waals surface area contributed by atoms with E-state index in [9.17, 15) is 0 Å². The van der Waals surface area contributed by atoms with Crippen LogP contribution in [0.3, 0.4) is 0 Å². The number of methoxy groups -OCH3 is 2. The summed E-state index contributed by atoms with van der Waals surface area (Å²) in [4.78, 5) is 4.39. The highest BCUT2D eigenvalue weighted by molar-refractivity contribution is 9.10. The van der Waals surface area contributed by atoms with Crippen LogP contribution in [0.4, 0.5) is 5.95 Å². The maximum Gasteiger partial charge on any atom is 0.205 e. The molecule has 0 aliphatic rings. The van der Waals surface area contributed by atoms with E-state index in [0.717, 1.165) is 21.2 Å². The highest BCUT2D eigenvalue weighted by atomic mass is 79.9. The second-order valence-electron chi connectivity index (χ2n) is 4.48. The summed E-state index contributed by atoms with van der Waals surface area (Å²) in [6.07, 6.45) is 0. The minimum Gasteiger partial charge on any atom is -0.493 e. The Morgan fingerprint density at radius 3 is 2.29 bits per heavy atom. The van der Waals surface area contributed by atoms with Gasteiger partial charge in [0.25, 0.3) is 0 Å². The van der Waals surface area contributed by atoms with E-state index in [1.807, 2.05) is 41.0 Å². The SMILES string of the molecule is COc1cc2nc(N)n(-c3ccc(Br)cc3)c2cc1OC. The van der Waals surface area contributed by atoms with Gasteiger partial charge in [-0.3, -0.25) is 4.57 Å². The van der Waals surface area contributed by atoms with Crippen LogP contribution in [0.1, 0.15) is 0 Å². The molecule has 0 bridgehead atoms. The lowest BCUT2D eigenvalue weighted by atomic mass is 10.2. The number of nitrogens with two attached hydrogens (primary N) is 1. The third-order valence-corrected chi connectivity index (χ3v) is 3.80. The normalized spacial score (nSPS) is 10.8. The number of nitrogen functional groups attached to an aromatic ring is 1. The molecule has 3 rings (SSSR count). The molecule has 0 radical (unpaired) electrons. The molecule has 21 heavy (non-hydrogen) atoms. The van der Waals surface area contributed by atoms with E-state index in [1.165, 1.54) is 0 Å². The topological polar surface area (TPSA) is 62.3 Å². The van der Waals surface area contributed by atoms with Crippen LogP contribution >= 0.6 is 15.9 Å². The predicted octanol–water partition coefficient (Wildman–Crippen LogP) is 3.39. The van der Waals surface area contributed by atoms with Gasteiger partial charge in [-0.25, -0.2) is 4.98 Å². The van der Waals surface area contributed by atoms with E-state index in [1.54, 1.807) is 14.2 Å². The first-order valence-electron chi connectivity index (χ1n) is 6.30. The van der Waals surface area contributed by atoms with Gasteiger partial charge in [-0.1, -0.05) is 15.9 Å². The van der Waals surface area contributed by atoms with Crippen molar-refractivity contribution >= 4 is 32.9 Å². The molecule has 0 aliphatic carbocycles. The van der Waals surface area contributed by atoms with E-state index < -0.39 is 0 Å². The average molecular weight is 348 g/mol. The standard InChI is InChI=1S/C15H14BrN3O2/c1-20-13-7-11-12(8-14(13)21-2)19(15(17)18-11)10-5-3-9(16)4-6-10/h3-8H,1-2H3,(H2,17,18). The number of hydrogen-bond donors (Lipinski definition) is 1. The number of aromatic nitrogens is 2. The van der Waals surface area contributed by atoms with Crippen LogP contribution in [0.15, 0.2) is 40.9 Å². The van der Waals surface area contributed by atoms with Crippen molar-refractivity contribution in [1.29, 1.82) is 0 Å². The highest BCUT2D eigenvalue weighted by Crippen LogP contribution is 2.34. The minimum atomic E-state index is 0.419. The Balaban J connectivity index is 2.27. The molecular weight excluding hydrogens is 334 g/mol. The zero-order valence-electron chi connectivity index (χ0n) is 11.6. The number of fused-ring (bicyclic) bond motifs is 1. The molecule has 1 heterocycles. The molecular formula is C15H14BrN3O2. The number of halogens is 1. The number of anilines is 1. The molecule has 0 unspecified atom stereocenters. The fourth-order valence-electron chi connectivity index (χ4n) is 2.28. The number of ether oxygens (including phenoxy) is 2. The predicted molar refractivity (Wildman–Crippen MR) is 86.3 cm³/mol. The summed E-state index contributed by atoms with van der Waals surface area (Å²) in [5.41, 5.74) is 8.63. The second-order valence-corrected chi connectivity index (χ2v) is 5.39. The van der Waals surface area contributed by atoms with Crippen LogP contribution in [0.2, 0.25) is 0 Å². The second kappa shape index (κ2) is 5.29. The molecule has 0 saturated heterocycles. The van der Waals surface area contributed by atoms with Crippen molar-refractivity contribution in [3.8, 4) is 17.2 Å². The highest BCUT2D eigenvalue weighted by Gasteiger charge is 2.14. The Labute approximate surface area is 130 Å². The van der Waals surface area contributed by atoms with Gasteiger partial charge < -0.3 is 15.2 Å². The van der Waals surface area contributed by atoms with E-state index in [0.29, 0.717) is 17.4 Å². The van der Waals surface area contributed by atoms with Crippen molar-refractivity contribution in [3.05, 3.63) is 40.9 Å². The first kappa shape index (κ1) is 13.8. The monoisotopic (exact) mass is 347 g/mol. The van der Waals surface area contributed by atoms with Gasteiger partial charge in [0, 0.05) is 22.3 Å². The fourth-order valence-corrected chi connectivity index (χ4v) is 2.55. The van der Waals surface area contributed by atoms with E-state index in [4.69, 9.17) is 15.2 Å². The van der Waals surface area contributed by atoms with Crippen LogP contribution in [-0.2, 0) is 0 Å². The largest absolute Gasteiger partial charge is 0.493 e. The van der Waals surface area contributed by atoms with Gasteiger partial charge in [0.1, 0.15) is 0 Å². The summed E-state index contributed by atoms with van der Waals surface area (Å²) >= 11 is 3.43. The zero-order valence-corrected chi connectivity index (χ0v) is 13.2. The maximum absolute atomic E-state index is 6.06. The lowest BCUT2D eigenvalue weighted by Crippen LogP contribution is -2.00. The number of rotatable bonds is 3. The smallest absolute Gasteiger partial charge is 0.205 e. The first-order valence-corrected chi connectivity index (χ1v) is 7.09. The summed E-state index contributed by atoms with van der Waals surface area (Å²) in [5, 5.41) is 0. The number of imidazole rings is 1. The quantitative estimate of drug-likeness (QED) is 0.788. The fraction of sp³-hybridized carbons (Fsp3) is 0.133. The molecule has 0 saturated carbocycles. The Morgan fingerprint density at radius 1 is 1.05 bits per heavy atom. The van der Waals surface area contributed by atoms with Gasteiger partial charge in [0.2, 0.25) is 5.95 Å². The lowest BCUT2D eigenvalue weighted by Gasteiger charge is -2.09. The van der Waals surface area contributed by atoms with Gasteiger partial charge in [-0.15, -0.1) is 0 Å². The first-order chi connectivity index (χ1) is 10.1. The van der Waals surface area contributed by atoms with Crippen molar-refractivity contribution in [2.75, 3.05) is 20.0 Å². The molecule has 0 atom stereocenters. The van der Waals surface area contributed by atoms with E-state index >= 15 is 0 Å². The molecule has 0 amide bonds. The summed E-state index contributed by atoms with van der Waals surface area (Å²) < 4.78 is 13.5. The lowest BCUT2D eigenvalue weighted by molar-refractivity contribution is 0.355. The Kier molecular flexibility index (Phi) is 3.47. The van der Waals surface area contributed by atoms with Crippen LogP contribution < -0.4 is 15.2 Å². The average Bonchev–Trinajstić information content (AvgIpc) is 2.81. The summed E-state index contributed by atoms with van der Waals surface area (Å²) in [5.74, 6) is 1.69. The molecule has 3 aromatic rings. The zero-order chi connectivity index (χ0) is 15.0. The Morgan fingerprint density at radius 2 is 1.67 bits per heavy atom. The molecule has 5 nitrogen and oxygen atoms in total. The molecule has 0 fully saturated rings. The van der Waals surface area contributed by atoms with Crippen molar-refractivity contribution in [1.82, 2.24) is 9.55 Å². The molecule has 0 aliphatic heterocycles. The Bertz CT molecular complexity index is 797. The van der Waals surface area contributed by atoms with Gasteiger partial charge in [-0.2, -0.15) is 0 Å². The van der Waals surface area contributed by atoms with Crippen LogP contribution in [0.25, 0.3) is 16.7 Å². The molecule has 0 spiro atoms. The summed E-state index contributed by atoms with van der Waals surface area (Å²) in [7, 11) is 3.20. The Hall–Kier alpha value is -2.21. The molecule has 2 aromatic carbocycles. The number of hydrogen-bond acceptors (Lipinski definition) is 4. The van der Waals surface area contributed by atoms with Crippen molar-refractivity contribution in [2.24, 2.45) is 0 Å². The summed E-state index contributed by atoms with van der Waals surface area (Å²) in [6, 6.07) is 11.6. The molecule has 108 valence electrons. The van der Waals surface area contributed by atoms with Gasteiger partial charge in [0.15, 0.2) is 11.5 Å². The maximum atomic E-state index is 6.06. The number of benzene rings is 2. The third kappa shape index (κ3) is 2.31. The summed E-state index contributed by atoms with van der Waals surface area (Å²) in [6.45, 7) is 0. The third-order valence-electron chi connectivity index (χ3n) is 3.27. The van der Waals surface area contributed by atoms with E-state index in [2.05, 4.69) is 20.9 Å². The molecule has 2 N–H and O–H groups in total.